The van der Waals surface area contributed by atoms with E-state index in [1.807, 2.05) is 36.4 Å². The second-order valence-electron chi connectivity index (χ2n) is 7.45. The van der Waals surface area contributed by atoms with Gasteiger partial charge < -0.3 is 9.47 Å². The second kappa shape index (κ2) is 9.64. The maximum Gasteiger partial charge on any atom is 0.205 e. The molecule has 4 aromatic rings. The minimum absolute atomic E-state index is 0.292. The Labute approximate surface area is 182 Å². The number of ether oxygens (including phenoxy) is 2. The molecule has 6 nitrogen and oxygen atoms in total. The Balaban J connectivity index is 1.58. The van der Waals surface area contributed by atoms with E-state index in [1.165, 1.54) is 5.56 Å². The number of benzene rings is 3. The van der Waals surface area contributed by atoms with Crippen molar-refractivity contribution in [1.29, 1.82) is 0 Å². The molecule has 1 heterocycles. The van der Waals surface area contributed by atoms with Gasteiger partial charge >= 0.3 is 0 Å². The van der Waals surface area contributed by atoms with Crippen molar-refractivity contribution in [2.75, 3.05) is 14.2 Å². The van der Waals surface area contributed by atoms with Gasteiger partial charge in [-0.05, 0) is 21.9 Å². The summed E-state index contributed by atoms with van der Waals surface area (Å²) >= 11 is 0. The summed E-state index contributed by atoms with van der Waals surface area (Å²) in [5, 5.41) is 13.3. The summed E-state index contributed by atoms with van der Waals surface area (Å²) < 4.78 is 10.7. The van der Waals surface area contributed by atoms with Gasteiger partial charge in [0.05, 0.1) is 6.54 Å². The van der Waals surface area contributed by atoms with Crippen LogP contribution in [0, 0.1) is 0 Å². The van der Waals surface area contributed by atoms with E-state index < -0.39 is 0 Å². The Morgan fingerprint density at radius 1 is 0.774 bits per heavy atom. The standard InChI is InChI=1S/C25H26N4O2/c1-18(19-9-5-4-6-10-19)17-29-27-24(26-28-29)23-12-8-7-11-22(23)20-13-15-21(16-14-20)25(30-2)31-3/h4-16,18,25H,17H2,1-3H3. The molecular weight excluding hydrogens is 388 g/mol. The summed E-state index contributed by atoms with van der Waals surface area (Å²) in [5.41, 5.74) is 5.29. The molecule has 31 heavy (non-hydrogen) atoms. The number of tetrazole rings is 1. The van der Waals surface area contributed by atoms with Crippen molar-refractivity contribution in [3.63, 3.8) is 0 Å². The number of nitrogens with zero attached hydrogens (tertiary/aromatic N) is 4. The highest BCUT2D eigenvalue weighted by Gasteiger charge is 2.15. The molecule has 1 atom stereocenters. The number of aromatic nitrogens is 4. The van der Waals surface area contributed by atoms with Crippen molar-refractivity contribution >= 4 is 0 Å². The van der Waals surface area contributed by atoms with Crippen molar-refractivity contribution in [2.45, 2.75) is 25.7 Å². The quantitative estimate of drug-likeness (QED) is 0.375. The van der Waals surface area contributed by atoms with E-state index in [-0.39, 0.29) is 6.29 Å². The van der Waals surface area contributed by atoms with Gasteiger partial charge in [-0.2, -0.15) is 4.80 Å². The third kappa shape index (κ3) is 4.71. The SMILES string of the molecule is COC(OC)c1ccc(-c2ccccc2-c2nnn(CC(C)c3ccccc3)n2)cc1. The van der Waals surface area contributed by atoms with Gasteiger partial charge in [-0.15, -0.1) is 10.2 Å². The lowest BCUT2D eigenvalue weighted by atomic mass is 9.98. The summed E-state index contributed by atoms with van der Waals surface area (Å²) in [4.78, 5) is 1.68. The summed E-state index contributed by atoms with van der Waals surface area (Å²) in [5.74, 6) is 0.909. The molecule has 0 amide bonds. The van der Waals surface area contributed by atoms with Crippen molar-refractivity contribution in [3.05, 3.63) is 90.0 Å². The third-order valence-corrected chi connectivity index (χ3v) is 5.35. The molecule has 0 aliphatic heterocycles. The van der Waals surface area contributed by atoms with E-state index in [1.54, 1.807) is 19.0 Å². The summed E-state index contributed by atoms with van der Waals surface area (Å²) in [6.45, 7) is 2.84. The van der Waals surface area contributed by atoms with Crippen LogP contribution in [0.5, 0.6) is 0 Å². The first-order valence-corrected chi connectivity index (χ1v) is 10.3. The molecule has 3 aromatic carbocycles. The monoisotopic (exact) mass is 414 g/mol. The first-order valence-electron chi connectivity index (χ1n) is 10.3. The van der Waals surface area contributed by atoms with Gasteiger partial charge in [-0.3, -0.25) is 0 Å². The third-order valence-electron chi connectivity index (χ3n) is 5.35. The lowest BCUT2D eigenvalue weighted by molar-refractivity contribution is -0.106. The lowest BCUT2D eigenvalue weighted by Crippen LogP contribution is -2.09. The van der Waals surface area contributed by atoms with Crippen LogP contribution < -0.4 is 0 Å². The predicted octanol–water partition coefficient (Wildman–Crippen LogP) is 5.10. The lowest BCUT2D eigenvalue weighted by Gasteiger charge is -2.14. The molecular formula is C25H26N4O2. The van der Waals surface area contributed by atoms with Gasteiger partial charge in [0.15, 0.2) is 6.29 Å². The molecule has 0 spiro atoms. The topological polar surface area (TPSA) is 62.1 Å². The molecule has 1 aromatic heterocycles. The number of hydrogen-bond donors (Lipinski definition) is 0. The van der Waals surface area contributed by atoms with Crippen LogP contribution >= 0.6 is 0 Å². The Bertz CT molecular complexity index is 1110. The van der Waals surface area contributed by atoms with Crippen molar-refractivity contribution in [1.82, 2.24) is 20.2 Å². The highest BCUT2D eigenvalue weighted by molar-refractivity contribution is 5.80. The largest absolute Gasteiger partial charge is 0.352 e. The first-order chi connectivity index (χ1) is 15.2. The van der Waals surface area contributed by atoms with Crippen LogP contribution in [0.4, 0.5) is 0 Å². The molecule has 0 fully saturated rings. The second-order valence-corrected chi connectivity index (χ2v) is 7.45. The molecule has 0 bridgehead atoms. The number of hydrogen-bond acceptors (Lipinski definition) is 5. The maximum atomic E-state index is 5.34. The highest BCUT2D eigenvalue weighted by Crippen LogP contribution is 2.31. The van der Waals surface area contributed by atoms with Crippen LogP contribution in [-0.2, 0) is 16.0 Å². The van der Waals surface area contributed by atoms with Gasteiger partial charge in [0.1, 0.15) is 0 Å². The van der Waals surface area contributed by atoms with Gasteiger partial charge in [0, 0.05) is 31.3 Å². The molecule has 158 valence electrons. The first kappa shape index (κ1) is 20.9. The normalized spacial score (nSPS) is 12.3. The maximum absolute atomic E-state index is 5.34. The highest BCUT2D eigenvalue weighted by atomic mass is 16.7. The molecule has 0 radical (unpaired) electrons. The predicted molar refractivity (Wildman–Crippen MR) is 120 cm³/mol. The minimum Gasteiger partial charge on any atom is -0.352 e. The van der Waals surface area contributed by atoms with Crippen LogP contribution in [0.15, 0.2) is 78.9 Å². The van der Waals surface area contributed by atoms with Crippen LogP contribution in [0.1, 0.15) is 30.3 Å². The average Bonchev–Trinajstić information content (AvgIpc) is 3.29. The summed E-state index contributed by atoms with van der Waals surface area (Å²) in [7, 11) is 3.26. The number of rotatable bonds is 8. The van der Waals surface area contributed by atoms with Crippen LogP contribution in [0.2, 0.25) is 0 Å². The molecule has 0 aliphatic carbocycles. The van der Waals surface area contributed by atoms with E-state index >= 15 is 0 Å². The molecule has 0 aliphatic rings. The van der Waals surface area contributed by atoms with Crippen molar-refractivity contribution in [3.8, 4) is 22.5 Å². The molecule has 6 heteroatoms. The van der Waals surface area contributed by atoms with E-state index in [0.29, 0.717) is 18.3 Å². The van der Waals surface area contributed by atoms with Gasteiger partial charge in [-0.1, -0.05) is 85.8 Å². The van der Waals surface area contributed by atoms with Crippen LogP contribution in [0.3, 0.4) is 0 Å². The van der Waals surface area contributed by atoms with E-state index in [9.17, 15) is 0 Å². The van der Waals surface area contributed by atoms with E-state index in [2.05, 4.69) is 64.8 Å². The fourth-order valence-corrected chi connectivity index (χ4v) is 3.68. The molecule has 0 saturated heterocycles. The van der Waals surface area contributed by atoms with Crippen molar-refractivity contribution in [2.24, 2.45) is 0 Å². The van der Waals surface area contributed by atoms with E-state index in [4.69, 9.17) is 9.47 Å². The van der Waals surface area contributed by atoms with Crippen LogP contribution in [0.25, 0.3) is 22.5 Å². The van der Waals surface area contributed by atoms with Crippen molar-refractivity contribution < 1.29 is 9.47 Å². The zero-order chi connectivity index (χ0) is 21.6. The molecule has 0 saturated carbocycles. The zero-order valence-corrected chi connectivity index (χ0v) is 18.0. The fraction of sp³-hybridized carbons (Fsp3) is 0.240. The fourth-order valence-electron chi connectivity index (χ4n) is 3.68. The Morgan fingerprint density at radius 2 is 1.42 bits per heavy atom. The summed E-state index contributed by atoms with van der Waals surface area (Å²) in [6.07, 6.45) is -0.377. The molecule has 4 rings (SSSR count). The zero-order valence-electron chi connectivity index (χ0n) is 18.0. The van der Waals surface area contributed by atoms with Crippen LogP contribution in [-0.4, -0.2) is 34.4 Å². The van der Waals surface area contributed by atoms with E-state index in [0.717, 1.165) is 22.3 Å². The smallest absolute Gasteiger partial charge is 0.205 e. The minimum atomic E-state index is -0.377. The Morgan fingerprint density at radius 3 is 2.10 bits per heavy atom. The Hall–Kier alpha value is -3.35. The summed E-state index contributed by atoms with van der Waals surface area (Å²) in [6, 6.07) is 26.6. The average molecular weight is 415 g/mol. The van der Waals surface area contributed by atoms with Gasteiger partial charge in [0.25, 0.3) is 0 Å². The van der Waals surface area contributed by atoms with Gasteiger partial charge in [0.2, 0.25) is 5.82 Å². The van der Waals surface area contributed by atoms with Gasteiger partial charge in [-0.25, -0.2) is 0 Å². The Kier molecular flexibility index (Phi) is 6.50. The molecule has 1 unspecified atom stereocenters. The number of methoxy groups -OCH3 is 2. The molecule has 0 N–H and O–H groups in total.